The number of nitrogens with one attached hydrogen (secondary N) is 1. The molecule has 2 amide bonds. The number of carbonyl (C=O) groups is 2. The lowest BCUT2D eigenvalue weighted by Crippen LogP contribution is -2.43. The molecule has 1 aromatic carbocycles. The Morgan fingerprint density at radius 1 is 1.23 bits per heavy atom. The van der Waals surface area contributed by atoms with Gasteiger partial charge >= 0.3 is 0 Å². The van der Waals surface area contributed by atoms with Gasteiger partial charge in [0, 0.05) is 45.2 Å². The Morgan fingerprint density at radius 3 is 2.38 bits per heavy atom. The third-order valence-electron chi connectivity index (χ3n) is 4.70. The Morgan fingerprint density at radius 2 is 1.85 bits per heavy atom. The summed E-state index contributed by atoms with van der Waals surface area (Å²) in [6.07, 6.45) is 1.23. The number of piperidine rings is 1. The molecule has 0 atom stereocenters. The number of hydrogen-bond donors (Lipinski definition) is 1. The van der Waals surface area contributed by atoms with E-state index in [2.05, 4.69) is 5.32 Å². The Hall–Kier alpha value is -1.93. The largest absolute Gasteiger partial charge is 0.356 e. The summed E-state index contributed by atoms with van der Waals surface area (Å²) < 4.78 is 26.0. The van der Waals surface area contributed by atoms with Gasteiger partial charge in [-0.2, -0.15) is 0 Å². The molecule has 1 aliphatic rings. The van der Waals surface area contributed by atoms with Gasteiger partial charge in [-0.05, 0) is 44.4 Å². The first-order chi connectivity index (χ1) is 12.2. The molecule has 8 heteroatoms. The Labute approximate surface area is 155 Å². The van der Waals surface area contributed by atoms with E-state index in [-0.39, 0.29) is 22.6 Å². The van der Waals surface area contributed by atoms with E-state index in [1.54, 1.807) is 24.0 Å². The van der Waals surface area contributed by atoms with Crippen molar-refractivity contribution in [1.29, 1.82) is 0 Å². The lowest BCUT2D eigenvalue weighted by molar-refractivity contribution is -0.126. The maximum absolute atomic E-state index is 12.8. The molecule has 1 fully saturated rings. The van der Waals surface area contributed by atoms with Crippen LogP contribution in [0.5, 0.6) is 0 Å². The van der Waals surface area contributed by atoms with Gasteiger partial charge in [0.25, 0.3) is 5.91 Å². The standard InChI is InChI=1S/C18H27N3O4S/c1-5-19-17(22)14-8-10-21(11-9-14)18(23)15-7-6-13(2)16(12-15)26(24,25)20(3)4/h6-7,12,14H,5,8-11H2,1-4H3,(H,19,22). The smallest absolute Gasteiger partial charge is 0.253 e. The molecule has 26 heavy (non-hydrogen) atoms. The number of likely N-dealkylation sites (tertiary alicyclic amines) is 1. The van der Waals surface area contributed by atoms with Crippen LogP contribution in [0, 0.1) is 12.8 Å². The summed E-state index contributed by atoms with van der Waals surface area (Å²) >= 11 is 0. The lowest BCUT2D eigenvalue weighted by atomic mass is 9.95. The molecule has 0 radical (unpaired) electrons. The summed E-state index contributed by atoms with van der Waals surface area (Å²) in [5.41, 5.74) is 0.956. The van der Waals surface area contributed by atoms with E-state index in [0.29, 0.717) is 43.6 Å². The van der Waals surface area contributed by atoms with Crippen molar-refractivity contribution in [3.63, 3.8) is 0 Å². The molecule has 7 nitrogen and oxygen atoms in total. The fourth-order valence-electron chi connectivity index (χ4n) is 3.05. The topological polar surface area (TPSA) is 86.8 Å². The summed E-state index contributed by atoms with van der Waals surface area (Å²) in [6.45, 7) is 5.18. The zero-order valence-corrected chi connectivity index (χ0v) is 16.6. The highest BCUT2D eigenvalue weighted by molar-refractivity contribution is 7.89. The molecule has 0 bridgehead atoms. The van der Waals surface area contributed by atoms with Crippen LogP contribution >= 0.6 is 0 Å². The van der Waals surface area contributed by atoms with Crippen LogP contribution in [-0.4, -0.2) is 63.2 Å². The molecule has 1 N–H and O–H groups in total. The number of rotatable bonds is 5. The average Bonchev–Trinajstić information content (AvgIpc) is 2.61. The predicted octanol–water partition coefficient (Wildman–Crippen LogP) is 1.23. The van der Waals surface area contributed by atoms with Gasteiger partial charge in [0.1, 0.15) is 0 Å². The second kappa shape index (κ2) is 8.18. The van der Waals surface area contributed by atoms with Gasteiger partial charge in [-0.3, -0.25) is 9.59 Å². The molecule has 0 aromatic heterocycles. The normalized spacial score (nSPS) is 16.0. The molecule has 1 aliphatic heterocycles. The van der Waals surface area contributed by atoms with Crippen molar-refractivity contribution in [3.8, 4) is 0 Å². The Kier molecular flexibility index (Phi) is 6.41. The number of benzene rings is 1. The SMILES string of the molecule is CCNC(=O)C1CCN(C(=O)c2ccc(C)c(S(=O)(=O)N(C)C)c2)CC1. The summed E-state index contributed by atoms with van der Waals surface area (Å²) in [5, 5.41) is 2.82. The van der Waals surface area contributed by atoms with E-state index in [0.717, 1.165) is 4.31 Å². The van der Waals surface area contributed by atoms with Gasteiger partial charge in [-0.15, -0.1) is 0 Å². The van der Waals surface area contributed by atoms with Gasteiger partial charge in [0.15, 0.2) is 0 Å². The van der Waals surface area contributed by atoms with Gasteiger partial charge in [0.05, 0.1) is 4.90 Å². The number of amides is 2. The molecule has 2 rings (SSSR count). The van der Waals surface area contributed by atoms with Crippen molar-refractivity contribution < 1.29 is 18.0 Å². The average molecular weight is 381 g/mol. The van der Waals surface area contributed by atoms with Crippen LogP contribution in [0.3, 0.4) is 0 Å². The highest BCUT2D eigenvalue weighted by Gasteiger charge is 2.28. The minimum atomic E-state index is -3.61. The maximum Gasteiger partial charge on any atom is 0.253 e. The zero-order valence-electron chi connectivity index (χ0n) is 15.8. The van der Waals surface area contributed by atoms with Gasteiger partial charge in [-0.1, -0.05) is 6.07 Å². The van der Waals surface area contributed by atoms with Crippen LogP contribution in [-0.2, 0) is 14.8 Å². The highest BCUT2D eigenvalue weighted by atomic mass is 32.2. The molecule has 0 unspecified atom stereocenters. The summed E-state index contributed by atoms with van der Waals surface area (Å²) in [7, 11) is -0.676. The molecule has 1 aromatic rings. The quantitative estimate of drug-likeness (QED) is 0.831. The third kappa shape index (κ3) is 4.24. The molecule has 1 heterocycles. The highest BCUT2D eigenvalue weighted by Crippen LogP contribution is 2.23. The van der Waals surface area contributed by atoms with Crippen LogP contribution in [0.1, 0.15) is 35.7 Å². The number of sulfonamides is 1. The van der Waals surface area contributed by atoms with Gasteiger partial charge in [-0.25, -0.2) is 12.7 Å². The van der Waals surface area contributed by atoms with Crippen molar-refractivity contribution >= 4 is 21.8 Å². The first-order valence-corrected chi connectivity index (χ1v) is 10.2. The maximum atomic E-state index is 12.8. The molecular weight excluding hydrogens is 354 g/mol. The molecule has 0 aliphatic carbocycles. The fourth-order valence-corrected chi connectivity index (χ4v) is 4.20. The third-order valence-corrected chi connectivity index (χ3v) is 6.65. The number of carbonyl (C=O) groups excluding carboxylic acids is 2. The monoisotopic (exact) mass is 381 g/mol. The summed E-state index contributed by atoms with van der Waals surface area (Å²) in [6, 6.07) is 4.76. The van der Waals surface area contributed by atoms with E-state index in [1.807, 2.05) is 6.92 Å². The van der Waals surface area contributed by atoms with Gasteiger partial charge < -0.3 is 10.2 Å². The molecular formula is C18H27N3O4S. The van der Waals surface area contributed by atoms with Crippen molar-refractivity contribution in [2.24, 2.45) is 5.92 Å². The Balaban J connectivity index is 2.15. The second-order valence-electron chi connectivity index (χ2n) is 6.73. The van der Waals surface area contributed by atoms with E-state index < -0.39 is 10.0 Å². The Bertz CT molecular complexity index is 782. The van der Waals surface area contributed by atoms with Crippen LogP contribution in [0.15, 0.2) is 23.1 Å². The molecule has 0 saturated carbocycles. The summed E-state index contributed by atoms with van der Waals surface area (Å²) in [4.78, 5) is 26.5. The van der Waals surface area contributed by atoms with E-state index in [4.69, 9.17) is 0 Å². The van der Waals surface area contributed by atoms with Crippen LogP contribution in [0.25, 0.3) is 0 Å². The van der Waals surface area contributed by atoms with Crippen molar-refractivity contribution in [2.75, 3.05) is 33.7 Å². The minimum Gasteiger partial charge on any atom is -0.356 e. The van der Waals surface area contributed by atoms with Crippen LogP contribution < -0.4 is 5.32 Å². The second-order valence-corrected chi connectivity index (χ2v) is 8.85. The lowest BCUT2D eigenvalue weighted by Gasteiger charge is -2.31. The molecule has 0 spiro atoms. The van der Waals surface area contributed by atoms with Crippen molar-refractivity contribution in [3.05, 3.63) is 29.3 Å². The zero-order chi connectivity index (χ0) is 19.5. The number of nitrogens with zero attached hydrogens (tertiary/aromatic N) is 2. The number of hydrogen-bond acceptors (Lipinski definition) is 4. The van der Waals surface area contributed by atoms with E-state index >= 15 is 0 Å². The van der Waals surface area contributed by atoms with E-state index in [1.165, 1.54) is 20.2 Å². The first kappa shape index (κ1) is 20.4. The number of aryl methyl sites for hydroxylation is 1. The van der Waals surface area contributed by atoms with E-state index in [9.17, 15) is 18.0 Å². The van der Waals surface area contributed by atoms with Crippen LogP contribution in [0.4, 0.5) is 0 Å². The first-order valence-electron chi connectivity index (χ1n) is 8.78. The van der Waals surface area contributed by atoms with Crippen LogP contribution in [0.2, 0.25) is 0 Å². The van der Waals surface area contributed by atoms with Gasteiger partial charge in [0.2, 0.25) is 15.9 Å². The predicted molar refractivity (Wildman–Crippen MR) is 99.4 cm³/mol. The fraction of sp³-hybridized carbons (Fsp3) is 0.556. The minimum absolute atomic E-state index is 0.0364. The van der Waals surface area contributed by atoms with Crippen molar-refractivity contribution in [1.82, 2.24) is 14.5 Å². The summed E-state index contributed by atoms with van der Waals surface area (Å²) in [5.74, 6) is -0.231. The van der Waals surface area contributed by atoms with Crippen molar-refractivity contribution in [2.45, 2.75) is 31.6 Å². The molecule has 1 saturated heterocycles. The molecule has 144 valence electrons.